The van der Waals surface area contributed by atoms with Crippen molar-refractivity contribution in [2.75, 3.05) is 0 Å². The van der Waals surface area contributed by atoms with Gasteiger partial charge in [-0.05, 0) is 30.5 Å². The number of rotatable bonds is 1. The van der Waals surface area contributed by atoms with Crippen molar-refractivity contribution in [1.29, 1.82) is 5.26 Å². The minimum absolute atomic E-state index is 0.0552. The fraction of sp³-hybridized carbons (Fsp3) is 0.438. The molecule has 5 heteroatoms. The molecule has 1 aliphatic carbocycles. The molecule has 21 heavy (non-hydrogen) atoms. The van der Waals surface area contributed by atoms with Crippen LogP contribution in [0.25, 0.3) is 0 Å². The van der Waals surface area contributed by atoms with E-state index in [1.807, 2.05) is 6.07 Å². The summed E-state index contributed by atoms with van der Waals surface area (Å²) in [6.07, 6.45) is 5.87. The highest BCUT2D eigenvalue weighted by Gasteiger charge is 2.42. The average Bonchev–Trinajstić information content (AvgIpc) is 2.47. The minimum Gasteiger partial charge on any atom is -0.393 e. The number of hydrogen-bond acceptors (Lipinski definition) is 4. The van der Waals surface area contributed by atoms with Gasteiger partial charge in [0.2, 0.25) is 0 Å². The van der Waals surface area contributed by atoms with E-state index >= 15 is 0 Å². The molecule has 1 atom stereocenters. The van der Waals surface area contributed by atoms with Crippen LogP contribution in [0.3, 0.4) is 0 Å². The molecule has 1 aromatic carbocycles. The fourth-order valence-corrected chi connectivity index (χ4v) is 6.54. The largest absolute Gasteiger partial charge is 0.393 e. The van der Waals surface area contributed by atoms with Gasteiger partial charge in [-0.3, -0.25) is 0 Å². The zero-order valence-corrected chi connectivity index (χ0v) is 13.3. The van der Waals surface area contributed by atoms with Crippen molar-refractivity contribution in [1.82, 2.24) is 0 Å². The molecule has 1 aliphatic heterocycles. The summed E-state index contributed by atoms with van der Waals surface area (Å²) in [4.78, 5) is 0. The van der Waals surface area contributed by atoms with Crippen LogP contribution in [0.2, 0.25) is 0 Å². The molecule has 1 saturated carbocycles. The molecule has 1 aromatic rings. The molecule has 2 aliphatic rings. The van der Waals surface area contributed by atoms with Crippen molar-refractivity contribution >= 4 is 23.5 Å². The van der Waals surface area contributed by atoms with Crippen LogP contribution in [0.4, 0.5) is 4.39 Å². The average molecular weight is 320 g/mol. The van der Waals surface area contributed by atoms with Crippen molar-refractivity contribution in [3.63, 3.8) is 0 Å². The lowest BCUT2D eigenvalue weighted by atomic mass is 9.99. The first kappa shape index (κ1) is 14.8. The number of thioether (sulfide) groups is 2. The Morgan fingerprint density at radius 1 is 1.29 bits per heavy atom. The zero-order valence-electron chi connectivity index (χ0n) is 11.6. The highest BCUT2D eigenvalue weighted by atomic mass is 32.2. The summed E-state index contributed by atoms with van der Waals surface area (Å²) in [7, 11) is 0. The Bertz CT molecular complexity index is 615. The van der Waals surface area contributed by atoms with Gasteiger partial charge in [0.25, 0.3) is 0 Å². The number of nitriles is 1. The lowest BCUT2D eigenvalue weighted by Crippen LogP contribution is -2.30. The number of nitrogens with zero attached hydrogens (tertiary/aromatic N) is 1. The Balaban J connectivity index is 2.00. The summed E-state index contributed by atoms with van der Waals surface area (Å²) in [6.45, 7) is 0. The molecule has 3 rings (SSSR count). The molecular weight excluding hydrogens is 303 g/mol. The quantitative estimate of drug-likeness (QED) is 0.814. The smallest absolute Gasteiger partial charge is 0.123 e. The van der Waals surface area contributed by atoms with Crippen LogP contribution >= 0.6 is 23.5 Å². The first-order chi connectivity index (χ1) is 10.1. The van der Waals surface area contributed by atoms with Crippen LogP contribution in [0.5, 0.6) is 0 Å². The second-order valence-corrected chi connectivity index (χ2v) is 8.69. The van der Waals surface area contributed by atoms with Gasteiger partial charge in [-0.2, -0.15) is 5.26 Å². The molecule has 0 amide bonds. The fourth-order valence-electron chi connectivity index (χ4n) is 3.01. The standard InChI is InChI=1S/C16H17FN2S2/c17-12-6-4-5-11(9-12)14-13(10-18)15(19)21-16(20-14)7-2-1-3-8-16/h4-6,9,14H,1-3,7-8,19H2. The number of benzene rings is 1. The summed E-state index contributed by atoms with van der Waals surface area (Å²) in [5.74, 6) is -0.264. The number of nitrogens with two attached hydrogens (primary N) is 1. The second kappa shape index (κ2) is 5.94. The SMILES string of the molecule is N#CC1=C(N)SC2(CCCCC2)SC1c1cccc(F)c1. The van der Waals surface area contributed by atoms with E-state index in [0.717, 1.165) is 18.4 Å². The number of hydrogen-bond donors (Lipinski definition) is 1. The summed E-state index contributed by atoms with van der Waals surface area (Å²) in [5.41, 5.74) is 7.59. The van der Waals surface area contributed by atoms with Crippen LogP contribution in [0.15, 0.2) is 34.9 Å². The van der Waals surface area contributed by atoms with Crippen molar-refractivity contribution in [3.05, 3.63) is 46.2 Å². The van der Waals surface area contributed by atoms with Crippen LogP contribution < -0.4 is 5.73 Å². The van der Waals surface area contributed by atoms with Crippen molar-refractivity contribution in [2.45, 2.75) is 41.4 Å². The van der Waals surface area contributed by atoms with E-state index in [4.69, 9.17) is 5.73 Å². The maximum absolute atomic E-state index is 13.5. The maximum Gasteiger partial charge on any atom is 0.123 e. The molecule has 0 saturated heterocycles. The van der Waals surface area contributed by atoms with E-state index in [1.54, 1.807) is 29.6 Å². The van der Waals surface area contributed by atoms with E-state index in [0.29, 0.717) is 10.6 Å². The molecule has 1 spiro atoms. The van der Waals surface area contributed by atoms with Gasteiger partial charge < -0.3 is 5.73 Å². The van der Waals surface area contributed by atoms with Gasteiger partial charge in [0.05, 0.1) is 26.0 Å². The Morgan fingerprint density at radius 2 is 2.05 bits per heavy atom. The first-order valence-corrected chi connectivity index (χ1v) is 8.85. The Hall–Kier alpha value is -1.12. The predicted octanol–water partition coefficient (Wildman–Crippen LogP) is 4.70. The molecular formula is C16H17FN2S2. The van der Waals surface area contributed by atoms with Gasteiger partial charge in [-0.25, -0.2) is 4.39 Å². The molecule has 0 radical (unpaired) electrons. The third-order valence-corrected chi connectivity index (χ3v) is 7.38. The van der Waals surface area contributed by atoms with E-state index in [9.17, 15) is 9.65 Å². The molecule has 1 unspecified atom stereocenters. The Labute approximate surface area is 133 Å². The monoisotopic (exact) mass is 320 g/mol. The van der Waals surface area contributed by atoms with Gasteiger partial charge in [0, 0.05) is 0 Å². The molecule has 0 bridgehead atoms. The zero-order chi connectivity index (χ0) is 14.9. The second-order valence-electron chi connectivity index (χ2n) is 5.52. The topological polar surface area (TPSA) is 49.8 Å². The molecule has 110 valence electrons. The van der Waals surface area contributed by atoms with Gasteiger partial charge in [0.15, 0.2) is 0 Å². The van der Waals surface area contributed by atoms with Crippen molar-refractivity contribution in [2.24, 2.45) is 5.73 Å². The summed E-state index contributed by atoms with van der Waals surface area (Å²) < 4.78 is 13.6. The summed E-state index contributed by atoms with van der Waals surface area (Å²) >= 11 is 3.44. The molecule has 2 N–H and O–H groups in total. The first-order valence-electron chi connectivity index (χ1n) is 7.16. The lowest BCUT2D eigenvalue weighted by molar-refractivity contribution is 0.489. The van der Waals surface area contributed by atoms with Crippen molar-refractivity contribution < 1.29 is 4.39 Å². The highest BCUT2D eigenvalue weighted by Crippen LogP contribution is 2.60. The molecule has 2 nitrogen and oxygen atoms in total. The summed E-state index contributed by atoms with van der Waals surface area (Å²) in [5, 5.41) is 9.91. The third-order valence-electron chi connectivity index (χ3n) is 4.04. The lowest BCUT2D eigenvalue weighted by Gasteiger charge is -2.42. The molecule has 1 fully saturated rings. The van der Waals surface area contributed by atoms with E-state index in [-0.39, 0.29) is 15.1 Å². The van der Waals surface area contributed by atoms with Crippen LogP contribution in [0.1, 0.15) is 42.9 Å². The molecule has 1 heterocycles. The van der Waals surface area contributed by atoms with E-state index in [2.05, 4.69) is 6.07 Å². The van der Waals surface area contributed by atoms with Crippen LogP contribution in [0, 0.1) is 17.1 Å². The van der Waals surface area contributed by atoms with Gasteiger partial charge in [-0.1, -0.05) is 43.2 Å². The van der Waals surface area contributed by atoms with E-state index < -0.39 is 0 Å². The van der Waals surface area contributed by atoms with E-state index in [1.165, 1.54) is 31.4 Å². The van der Waals surface area contributed by atoms with Gasteiger partial charge >= 0.3 is 0 Å². The van der Waals surface area contributed by atoms with Crippen molar-refractivity contribution in [3.8, 4) is 6.07 Å². The van der Waals surface area contributed by atoms with Gasteiger partial charge in [-0.15, -0.1) is 11.8 Å². The third kappa shape index (κ3) is 2.93. The Morgan fingerprint density at radius 3 is 2.71 bits per heavy atom. The predicted molar refractivity (Wildman–Crippen MR) is 87.0 cm³/mol. The summed E-state index contributed by atoms with van der Waals surface area (Å²) in [6, 6.07) is 8.78. The highest BCUT2D eigenvalue weighted by molar-refractivity contribution is 8.20. The Kier molecular flexibility index (Phi) is 4.19. The van der Waals surface area contributed by atoms with Crippen LogP contribution in [-0.4, -0.2) is 4.08 Å². The number of halogens is 1. The van der Waals surface area contributed by atoms with Crippen LogP contribution in [-0.2, 0) is 0 Å². The van der Waals surface area contributed by atoms with Gasteiger partial charge in [0.1, 0.15) is 5.82 Å². The maximum atomic E-state index is 13.5. The minimum atomic E-state index is -0.264. The molecule has 0 aromatic heterocycles. The normalized spacial score (nSPS) is 24.9.